The number of alkyl halides is 6. The van der Waals surface area contributed by atoms with E-state index in [4.69, 9.17) is 114 Å². The van der Waals surface area contributed by atoms with Crippen LogP contribution in [0.3, 0.4) is 0 Å². The van der Waals surface area contributed by atoms with E-state index in [2.05, 4.69) is 22.1 Å². The van der Waals surface area contributed by atoms with Gasteiger partial charge in [-0.15, -0.1) is 141 Å². The van der Waals surface area contributed by atoms with Crippen LogP contribution in [0.1, 0.15) is 20.7 Å². The largest absolute Gasteiger partial charge is 2.00 e. The number of ether oxygens (including phenoxy) is 2. The predicted octanol–water partition coefficient (Wildman–Crippen LogP) is 17.6. The van der Waals surface area contributed by atoms with Gasteiger partial charge in [-0.2, -0.15) is 9.79 Å². The number of aromatic nitrogens is 4. The van der Waals surface area contributed by atoms with Crippen LogP contribution in [0.4, 0.5) is 0 Å². The average molecular weight is 1590 g/mol. The summed E-state index contributed by atoms with van der Waals surface area (Å²) in [6.07, 6.45) is 3.51. The molecule has 0 bridgehead atoms. The maximum Gasteiger partial charge on any atom is 2.00 e. The normalized spacial score (nSPS) is 9.38. The second-order valence-corrected chi connectivity index (χ2v) is 18.7. The first-order chi connectivity index (χ1) is 38.5. The first-order valence-electron chi connectivity index (χ1n) is 23.5. The third-order valence-corrected chi connectivity index (χ3v) is 10.8. The zero-order valence-corrected chi connectivity index (χ0v) is 53.9. The molecule has 0 N–H and O–H groups in total. The van der Waals surface area contributed by atoms with Gasteiger partial charge in [0, 0.05) is 12.4 Å². The molecule has 10 aromatic rings. The molecule has 0 aliphatic rings. The van der Waals surface area contributed by atoms with Crippen LogP contribution < -0.4 is 0 Å². The predicted molar refractivity (Wildman–Crippen MR) is 331 cm³/mol. The number of carbonyl (C=O) groups is 2. The molecule has 10 rings (SSSR count). The molecule has 81 heavy (non-hydrogen) atoms. The first kappa shape index (κ1) is 71.5. The molecular weight excluding hydrogens is 1540 g/mol. The number of esters is 2. The van der Waals surface area contributed by atoms with Crippen LogP contribution in [-0.4, -0.2) is 62.1 Å². The van der Waals surface area contributed by atoms with Crippen LogP contribution in [0.2, 0.25) is 0 Å². The van der Waals surface area contributed by atoms with Crippen molar-refractivity contribution < 1.29 is 61.2 Å². The third kappa shape index (κ3) is 26.0. The Kier molecular flexibility index (Phi) is 37.3. The van der Waals surface area contributed by atoms with Gasteiger partial charge in [0.25, 0.3) is 0 Å². The van der Waals surface area contributed by atoms with Crippen LogP contribution in [0.15, 0.2) is 241 Å². The van der Waals surface area contributed by atoms with Gasteiger partial charge in [0.2, 0.25) is 0 Å². The Hall–Kier alpha value is -5.58. The Morgan fingerprint density at radius 2 is 0.704 bits per heavy atom. The molecule has 0 unspecified atom stereocenters. The molecule has 18 heteroatoms. The minimum Gasteiger partial charge on any atom is -0.780 e. The maximum absolute atomic E-state index is 11.7. The van der Waals surface area contributed by atoms with Gasteiger partial charge in [0.15, 0.2) is 0 Å². The molecule has 0 atom stereocenters. The van der Waals surface area contributed by atoms with Crippen LogP contribution in [0.5, 0.6) is 0 Å². The number of rotatable bonds is 8. The van der Waals surface area contributed by atoms with Gasteiger partial charge in [-0.1, -0.05) is 109 Å². The van der Waals surface area contributed by atoms with E-state index in [0.717, 1.165) is 77.3 Å². The Bertz CT molecular complexity index is 2950. The van der Waals surface area contributed by atoms with Crippen LogP contribution in [-0.2, 0) is 76.9 Å². The topological polar surface area (TPSA) is 104 Å². The van der Waals surface area contributed by atoms with E-state index in [9.17, 15) is 9.59 Å². The van der Waals surface area contributed by atoms with Gasteiger partial charge in [0.1, 0.15) is 0 Å². The minimum atomic E-state index is -0.352. The van der Waals surface area contributed by atoms with E-state index in [1.807, 2.05) is 194 Å². The summed E-state index contributed by atoms with van der Waals surface area (Å²) in [5, 5.41) is 0.583. The Morgan fingerprint density at radius 3 is 0.963 bits per heavy atom. The van der Waals surface area contributed by atoms with Gasteiger partial charge in [0.05, 0.1) is 64.1 Å². The smallest absolute Gasteiger partial charge is 0.780 e. The van der Waals surface area contributed by atoms with Crippen molar-refractivity contribution in [2.75, 3.05) is 30.2 Å². The zero-order chi connectivity index (χ0) is 57.0. The molecule has 0 aliphatic carbocycles. The number of pyridine rings is 4. The molecular formula is C63H50Cl6N4O4Pt2S2. The fraction of sp³-hybridized carbons (Fsp3) is 0.0794. The third-order valence-electron chi connectivity index (χ3n) is 10.2. The quantitative estimate of drug-likeness (QED) is 0.0632. The molecule has 0 amide bonds. The molecule has 0 radical (unpaired) electrons. The van der Waals surface area contributed by atoms with Crippen molar-refractivity contribution in [3.05, 3.63) is 254 Å². The fourth-order valence-corrected chi connectivity index (χ4v) is 7.06. The second-order valence-electron chi connectivity index (χ2n) is 15.3. The van der Waals surface area contributed by atoms with Crippen molar-refractivity contribution in [1.82, 2.24) is 19.9 Å². The number of carbonyl (C=O) groups excluding carboxylic acids is 2. The molecule has 0 saturated carbocycles. The Labute approximate surface area is 544 Å². The number of nitrogens with zero attached hydrogens (tertiary/aromatic N) is 4. The van der Waals surface area contributed by atoms with E-state index in [1.54, 1.807) is 36.7 Å². The zero-order valence-electron chi connectivity index (χ0n) is 43.2. The van der Waals surface area contributed by atoms with Gasteiger partial charge in [-0.05, 0) is 94.3 Å². The summed E-state index contributed by atoms with van der Waals surface area (Å²) in [6, 6.07) is 75.4. The summed E-state index contributed by atoms with van der Waals surface area (Å²) >= 11 is 38.2. The van der Waals surface area contributed by atoms with Gasteiger partial charge in [-0.3, -0.25) is 19.9 Å². The van der Waals surface area contributed by atoms with E-state index < -0.39 is 0 Å². The SMILES string of the molecule is COC(=O)c1ccc(-c2cc(-c3[c-]cccc3)nc(-c3ccccn3)c2)cc1.COC(=O)c1ccc(-c2cc(-c3[c-]cccc3)nc(-c3ccccn3)c2)cc1.ClCCl.ClCCl.ClCCl.[Pt+2].[Pt+2].[S-]c1ccccc1.[S-]c1ccccc1. The molecule has 4 aromatic heterocycles. The molecule has 0 spiro atoms. The summed E-state index contributed by atoms with van der Waals surface area (Å²) in [5.41, 5.74) is 11.6. The minimum absolute atomic E-state index is 0. The van der Waals surface area contributed by atoms with Gasteiger partial charge in [-0.25, -0.2) is 9.59 Å². The summed E-state index contributed by atoms with van der Waals surface area (Å²) in [4.78, 5) is 43.6. The van der Waals surface area contributed by atoms with E-state index >= 15 is 0 Å². The van der Waals surface area contributed by atoms with Crippen molar-refractivity contribution in [2.24, 2.45) is 0 Å². The van der Waals surface area contributed by atoms with Crippen molar-refractivity contribution in [1.29, 1.82) is 0 Å². The number of hydrogen-bond donors (Lipinski definition) is 0. The molecule has 0 fully saturated rings. The second kappa shape index (κ2) is 42.3. The summed E-state index contributed by atoms with van der Waals surface area (Å²) < 4.78 is 9.55. The van der Waals surface area contributed by atoms with E-state index in [-0.39, 0.29) is 70.1 Å². The van der Waals surface area contributed by atoms with Crippen molar-refractivity contribution >= 4 is 107 Å². The maximum atomic E-state index is 11.7. The first-order valence-corrected chi connectivity index (χ1v) is 27.5. The number of methoxy groups -OCH3 is 2. The van der Waals surface area contributed by atoms with Crippen molar-refractivity contribution in [3.63, 3.8) is 0 Å². The number of benzene rings is 6. The summed E-state index contributed by atoms with van der Waals surface area (Å²) in [6.45, 7) is 0. The van der Waals surface area contributed by atoms with E-state index in [1.165, 1.54) is 14.2 Å². The number of halogens is 6. The fourth-order valence-electron chi connectivity index (χ4n) is 6.74. The van der Waals surface area contributed by atoms with Crippen LogP contribution in [0.25, 0.3) is 67.5 Å². The Morgan fingerprint density at radius 1 is 0.395 bits per heavy atom. The Balaban J connectivity index is 0.000000392. The standard InChI is InChI=1S/2C24H17N2O2.2C6H6S.3CH2Cl2.2Pt/c2*1-28-24(27)19-12-10-17(11-13-19)20-15-22(18-7-3-2-4-8-18)26-23(16-20)21-9-5-6-14-25-21;2*7-6-4-2-1-3-5-6;3*2-1-3;;/h2*2-7,9-16H,1H3;2*1-5,7H;3*1H2;;/q2*-1;;;;;;2*+2/p-2. The molecule has 6 aromatic carbocycles. The molecule has 420 valence electrons. The number of hydrogen-bond acceptors (Lipinski definition) is 10. The average Bonchev–Trinajstić information content (AvgIpc) is 3.55. The van der Waals surface area contributed by atoms with Crippen LogP contribution in [0, 0.1) is 12.1 Å². The monoisotopic (exact) mass is 1590 g/mol. The van der Waals surface area contributed by atoms with Crippen molar-refractivity contribution in [2.45, 2.75) is 9.79 Å². The summed E-state index contributed by atoms with van der Waals surface area (Å²) in [7, 11) is 2.75. The summed E-state index contributed by atoms with van der Waals surface area (Å²) in [5.74, 6) is -0.704. The van der Waals surface area contributed by atoms with Gasteiger partial charge < -0.3 is 34.7 Å². The van der Waals surface area contributed by atoms with Gasteiger partial charge >= 0.3 is 54.1 Å². The molecule has 4 heterocycles. The van der Waals surface area contributed by atoms with Crippen LogP contribution >= 0.6 is 69.6 Å². The molecule has 0 aliphatic heterocycles. The van der Waals surface area contributed by atoms with E-state index in [0.29, 0.717) is 11.1 Å². The van der Waals surface area contributed by atoms with Crippen molar-refractivity contribution in [3.8, 4) is 67.5 Å². The molecule has 0 saturated heterocycles. The molecule has 8 nitrogen and oxygen atoms in total.